The van der Waals surface area contributed by atoms with Gasteiger partial charge in [0.2, 0.25) is 12.5 Å². The van der Waals surface area contributed by atoms with Gasteiger partial charge in [-0.25, -0.2) is 0 Å². The summed E-state index contributed by atoms with van der Waals surface area (Å²) in [6, 6.07) is 12.9. The van der Waals surface area contributed by atoms with E-state index in [0.29, 0.717) is 29.5 Å². The van der Waals surface area contributed by atoms with Crippen LogP contribution in [0.25, 0.3) is 0 Å². The van der Waals surface area contributed by atoms with E-state index in [2.05, 4.69) is 5.32 Å². The molecule has 3 aromatic carbocycles. The first-order chi connectivity index (χ1) is 19.4. The van der Waals surface area contributed by atoms with Crippen LogP contribution in [0.1, 0.15) is 34.2 Å². The Hall–Kier alpha value is -4.31. The maximum atomic E-state index is 13.3. The SMILES string of the molecule is COc1cc(CN[C@@H]2c3cc4c(cc3[C@@H](c3cc(OC)c(O)c(OC)c3)[C@H]3C(=O)OC[C@@H]32)OCO4)cc(OC)c1. The number of cyclic esters (lactones) is 1. The summed E-state index contributed by atoms with van der Waals surface area (Å²) in [6.45, 7) is 0.884. The Kier molecular flexibility index (Phi) is 6.71. The Balaban J connectivity index is 1.46. The number of carbonyl (C=O) groups is 1. The molecule has 1 fully saturated rings. The van der Waals surface area contributed by atoms with E-state index in [1.807, 2.05) is 30.3 Å². The Morgan fingerprint density at radius 1 is 0.825 bits per heavy atom. The van der Waals surface area contributed by atoms with Gasteiger partial charge >= 0.3 is 5.97 Å². The number of hydrogen-bond acceptors (Lipinski definition) is 10. The van der Waals surface area contributed by atoms with E-state index >= 15 is 0 Å². The number of ether oxygens (including phenoxy) is 7. The van der Waals surface area contributed by atoms with Crippen molar-refractivity contribution < 1.29 is 43.1 Å². The van der Waals surface area contributed by atoms with Gasteiger partial charge in [0.25, 0.3) is 0 Å². The molecule has 10 nitrogen and oxygen atoms in total. The number of fused-ring (bicyclic) bond motifs is 3. The van der Waals surface area contributed by atoms with Gasteiger partial charge in [-0.05, 0) is 58.7 Å². The molecule has 2 N–H and O–H groups in total. The van der Waals surface area contributed by atoms with E-state index in [0.717, 1.165) is 22.3 Å². The molecule has 4 atom stereocenters. The molecule has 3 aromatic rings. The predicted octanol–water partition coefficient (Wildman–Crippen LogP) is 3.92. The number of rotatable bonds is 8. The molecular weight excluding hydrogens is 518 g/mol. The van der Waals surface area contributed by atoms with E-state index in [4.69, 9.17) is 33.2 Å². The molecule has 2 heterocycles. The van der Waals surface area contributed by atoms with Gasteiger partial charge in [0.1, 0.15) is 11.5 Å². The monoisotopic (exact) mass is 549 g/mol. The van der Waals surface area contributed by atoms with Crippen molar-refractivity contribution in [3.63, 3.8) is 0 Å². The fraction of sp³-hybridized carbons (Fsp3) is 0.367. The average Bonchev–Trinajstić information content (AvgIpc) is 3.60. The summed E-state index contributed by atoms with van der Waals surface area (Å²) in [7, 11) is 6.19. The van der Waals surface area contributed by atoms with Crippen LogP contribution in [0.15, 0.2) is 42.5 Å². The van der Waals surface area contributed by atoms with Crippen LogP contribution in [-0.4, -0.2) is 52.9 Å². The molecule has 10 heteroatoms. The molecule has 0 unspecified atom stereocenters. The van der Waals surface area contributed by atoms with Gasteiger partial charge in [0.05, 0.1) is 41.0 Å². The zero-order chi connectivity index (χ0) is 28.0. The van der Waals surface area contributed by atoms with Crippen LogP contribution in [0, 0.1) is 11.8 Å². The Bertz CT molecular complexity index is 1410. The normalized spacial score (nSPS) is 22.2. The largest absolute Gasteiger partial charge is 0.502 e. The number of nitrogens with one attached hydrogen (secondary N) is 1. The molecule has 6 rings (SSSR count). The highest BCUT2D eigenvalue weighted by atomic mass is 16.7. The number of aromatic hydroxyl groups is 1. The lowest BCUT2D eigenvalue weighted by Gasteiger charge is -2.39. The van der Waals surface area contributed by atoms with Crippen molar-refractivity contribution in [3.8, 4) is 40.2 Å². The van der Waals surface area contributed by atoms with Crippen LogP contribution in [-0.2, 0) is 16.1 Å². The van der Waals surface area contributed by atoms with E-state index in [-0.39, 0.29) is 48.6 Å². The lowest BCUT2D eigenvalue weighted by atomic mass is 9.65. The maximum absolute atomic E-state index is 13.3. The van der Waals surface area contributed by atoms with Gasteiger partial charge < -0.3 is 43.6 Å². The summed E-state index contributed by atoms with van der Waals surface area (Å²) in [6.07, 6.45) is 0. The highest BCUT2D eigenvalue weighted by Gasteiger charge is 2.52. The number of phenolic OH excluding ortho intramolecular Hbond substituents is 1. The van der Waals surface area contributed by atoms with Crippen molar-refractivity contribution in [2.24, 2.45) is 11.8 Å². The zero-order valence-electron chi connectivity index (χ0n) is 22.7. The standard InChI is InChI=1S/C30H31NO9/c1-34-17-5-15(6-18(9-17)35-2)12-31-28-20-11-23-22(39-14-40-23)10-19(20)26(27-21(28)13-38-30(27)33)16-7-24(36-3)29(32)25(8-16)37-4/h5-11,21,26-28,31-32H,12-14H2,1-4H3/t21-,26+,27-,28+/m0/s1. The van der Waals surface area contributed by atoms with Crippen LogP contribution in [0.2, 0.25) is 0 Å². The van der Waals surface area contributed by atoms with Crippen molar-refractivity contribution >= 4 is 5.97 Å². The maximum Gasteiger partial charge on any atom is 0.310 e. The van der Waals surface area contributed by atoms with Gasteiger partial charge in [-0.1, -0.05) is 0 Å². The van der Waals surface area contributed by atoms with E-state index in [1.165, 1.54) is 14.2 Å². The molecule has 0 amide bonds. The Morgan fingerprint density at radius 3 is 2.05 bits per heavy atom. The fourth-order valence-corrected chi connectivity index (χ4v) is 6.11. The van der Waals surface area contributed by atoms with Crippen LogP contribution in [0.3, 0.4) is 0 Å². The van der Waals surface area contributed by atoms with Crippen LogP contribution >= 0.6 is 0 Å². The number of carbonyl (C=O) groups excluding carboxylic acids is 1. The Labute approximate surface area is 231 Å². The number of esters is 1. The molecular formula is C30H31NO9. The molecule has 0 bridgehead atoms. The Morgan fingerprint density at radius 2 is 1.45 bits per heavy atom. The van der Waals surface area contributed by atoms with Crippen molar-refractivity contribution in [2.45, 2.75) is 18.5 Å². The molecule has 1 aliphatic carbocycles. The third kappa shape index (κ3) is 4.28. The van der Waals surface area contributed by atoms with Crippen molar-refractivity contribution in [1.29, 1.82) is 0 Å². The lowest BCUT2D eigenvalue weighted by molar-refractivity contribution is -0.141. The first-order valence-electron chi connectivity index (χ1n) is 13.0. The zero-order valence-corrected chi connectivity index (χ0v) is 22.7. The van der Waals surface area contributed by atoms with Crippen molar-refractivity contribution in [1.82, 2.24) is 5.32 Å². The minimum absolute atomic E-state index is 0.103. The van der Waals surface area contributed by atoms with Gasteiger partial charge in [-0.3, -0.25) is 4.79 Å². The second kappa shape index (κ2) is 10.3. The third-order valence-electron chi connectivity index (χ3n) is 7.99. The van der Waals surface area contributed by atoms with Crippen LogP contribution < -0.4 is 33.7 Å². The first kappa shape index (κ1) is 25.9. The van der Waals surface area contributed by atoms with Crippen molar-refractivity contribution in [2.75, 3.05) is 41.8 Å². The van der Waals surface area contributed by atoms with Crippen LogP contribution in [0.5, 0.6) is 40.2 Å². The molecule has 0 spiro atoms. The molecule has 210 valence electrons. The number of methoxy groups -OCH3 is 4. The van der Waals surface area contributed by atoms with Gasteiger partial charge in [0.15, 0.2) is 23.0 Å². The number of benzene rings is 3. The first-order valence-corrected chi connectivity index (χ1v) is 13.0. The summed E-state index contributed by atoms with van der Waals surface area (Å²) < 4.78 is 38.9. The van der Waals surface area contributed by atoms with Gasteiger partial charge in [0, 0.05) is 30.5 Å². The highest BCUT2D eigenvalue weighted by Crippen LogP contribution is 2.55. The average molecular weight is 550 g/mol. The third-order valence-corrected chi connectivity index (χ3v) is 7.99. The molecule has 0 radical (unpaired) electrons. The topological polar surface area (TPSA) is 114 Å². The number of hydrogen-bond donors (Lipinski definition) is 2. The fourth-order valence-electron chi connectivity index (χ4n) is 6.11. The van der Waals surface area contributed by atoms with Gasteiger partial charge in [-0.2, -0.15) is 0 Å². The summed E-state index contributed by atoms with van der Waals surface area (Å²) >= 11 is 0. The summed E-state index contributed by atoms with van der Waals surface area (Å²) in [5.41, 5.74) is 3.61. The molecule has 40 heavy (non-hydrogen) atoms. The molecule has 1 saturated heterocycles. The van der Waals surface area contributed by atoms with Gasteiger partial charge in [-0.15, -0.1) is 0 Å². The molecule has 2 aliphatic heterocycles. The molecule has 3 aliphatic rings. The summed E-state index contributed by atoms with van der Waals surface area (Å²) in [5.74, 6) is 1.70. The van der Waals surface area contributed by atoms with E-state index in [9.17, 15) is 9.90 Å². The quantitative estimate of drug-likeness (QED) is 0.401. The van der Waals surface area contributed by atoms with Crippen molar-refractivity contribution in [3.05, 3.63) is 64.7 Å². The minimum Gasteiger partial charge on any atom is -0.502 e. The van der Waals surface area contributed by atoms with E-state index in [1.54, 1.807) is 26.4 Å². The molecule has 0 saturated carbocycles. The van der Waals surface area contributed by atoms with Crippen LogP contribution in [0.4, 0.5) is 0 Å². The highest BCUT2D eigenvalue weighted by molar-refractivity contribution is 5.79. The van der Waals surface area contributed by atoms with E-state index < -0.39 is 11.8 Å². The summed E-state index contributed by atoms with van der Waals surface area (Å²) in [5, 5.41) is 14.2. The molecule has 0 aromatic heterocycles. The minimum atomic E-state index is -0.496. The number of phenols is 1. The second-order valence-corrected chi connectivity index (χ2v) is 9.99. The summed E-state index contributed by atoms with van der Waals surface area (Å²) in [4.78, 5) is 13.3. The smallest absolute Gasteiger partial charge is 0.310 e. The lowest BCUT2D eigenvalue weighted by Crippen LogP contribution is -2.40. The second-order valence-electron chi connectivity index (χ2n) is 9.99. The predicted molar refractivity (Wildman–Crippen MR) is 143 cm³/mol.